The summed E-state index contributed by atoms with van der Waals surface area (Å²) >= 11 is 0. The molecule has 2 aromatic rings. The highest BCUT2D eigenvalue weighted by Gasteiger charge is 2.39. The summed E-state index contributed by atoms with van der Waals surface area (Å²) in [6.45, 7) is 7.18. The molecule has 1 saturated heterocycles. The van der Waals surface area contributed by atoms with Crippen LogP contribution in [0.15, 0.2) is 57.3 Å². The first-order valence-corrected chi connectivity index (χ1v) is 15.7. The highest BCUT2D eigenvalue weighted by molar-refractivity contribution is 5.95. The number of nitrogens with zero attached hydrogens (tertiary/aromatic N) is 3. The summed E-state index contributed by atoms with van der Waals surface area (Å²) in [5.74, 6) is -2.45. The zero-order chi connectivity index (χ0) is 34.8. The van der Waals surface area contributed by atoms with E-state index in [0.717, 1.165) is 6.26 Å². The van der Waals surface area contributed by atoms with Gasteiger partial charge >= 0.3 is 12.1 Å². The lowest BCUT2D eigenvalue weighted by Gasteiger charge is -2.30. The number of allylic oxidation sites excluding steroid dienone is 2. The molecule has 15 heteroatoms. The molecule has 0 radical (unpaired) electrons. The second-order valence-electron chi connectivity index (χ2n) is 11.9. The molecule has 1 fully saturated rings. The van der Waals surface area contributed by atoms with Crippen molar-refractivity contribution < 1.29 is 47.4 Å². The van der Waals surface area contributed by atoms with E-state index in [2.05, 4.69) is 20.6 Å². The molecule has 0 saturated carbocycles. The fraction of sp³-hybridized carbons (Fsp3) is 0.485. The van der Waals surface area contributed by atoms with E-state index in [1.165, 1.54) is 23.3 Å². The number of amides is 3. The van der Waals surface area contributed by atoms with Crippen molar-refractivity contribution in [2.45, 2.75) is 71.6 Å². The van der Waals surface area contributed by atoms with Crippen LogP contribution in [0.25, 0.3) is 0 Å². The number of nitrogens with one attached hydrogen (secondary N) is 2. The summed E-state index contributed by atoms with van der Waals surface area (Å²) in [4.78, 5) is 74.1. The molecule has 5 atom stereocenters. The van der Waals surface area contributed by atoms with E-state index in [-0.39, 0.29) is 55.7 Å². The number of aliphatic hydroxyl groups excluding tert-OH is 1. The molecule has 0 aromatic carbocycles. The van der Waals surface area contributed by atoms with Gasteiger partial charge in [-0.25, -0.2) is 14.6 Å². The minimum atomic E-state index is -1.05. The van der Waals surface area contributed by atoms with Crippen molar-refractivity contribution in [2.24, 2.45) is 11.8 Å². The molecule has 2 aliphatic heterocycles. The fourth-order valence-electron chi connectivity index (χ4n) is 5.41. The van der Waals surface area contributed by atoms with Crippen LogP contribution in [-0.2, 0) is 30.3 Å². The first kappa shape index (κ1) is 35.8. The van der Waals surface area contributed by atoms with E-state index in [0.29, 0.717) is 24.3 Å². The second-order valence-corrected chi connectivity index (χ2v) is 11.9. The largest absolute Gasteiger partial charge is 0.460 e. The van der Waals surface area contributed by atoms with Crippen LogP contribution in [-0.4, -0.2) is 87.6 Å². The average molecular weight is 668 g/mol. The number of aliphatic hydroxyl groups is 1. The fourth-order valence-corrected chi connectivity index (χ4v) is 5.41. The normalized spacial score (nSPS) is 24.6. The van der Waals surface area contributed by atoms with Crippen LogP contribution in [0.4, 0.5) is 10.6 Å². The number of rotatable bonds is 4. The maximum absolute atomic E-state index is 13.6. The minimum Gasteiger partial charge on any atom is -0.460 e. The van der Waals surface area contributed by atoms with E-state index in [4.69, 9.17) is 18.3 Å². The Kier molecular flexibility index (Phi) is 12.4. The molecule has 4 heterocycles. The first-order valence-electron chi connectivity index (χ1n) is 15.7. The van der Waals surface area contributed by atoms with Gasteiger partial charge in [-0.1, -0.05) is 43.7 Å². The predicted molar refractivity (Wildman–Crippen MR) is 169 cm³/mol. The number of Topliss-reactive ketones (excluding diaryl/α,β-unsaturated/α-hetero) is 1. The Morgan fingerprint density at radius 3 is 2.71 bits per heavy atom. The molecule has 2 bridgehead atoms. The van der Waals surface area contributed by atoms with Gasteiger partial charge in [0.25, 0.3) is 5.91 Å². The number of aryl methyl sites for hydroxylation is 1. The van der Waals surface area contributed by atoms with Gasteiger partial charge in [0.15, 0.2) is 17.4 Å². The average Bonchev–Trinajstić information content (AvgIpc) is 3.80. The van der Waals surface area contributed by atoms with Crippen molar-refractivity contribution in [1.29, 1.82) is 0 Å². The van der Waals surface area contributed by atoms with E-state index < -0.39 is 54.0 Å². The Balaban J connectivity index is 1.54. The van der Waals surface area contributed by atoms with Crippen molar-refractivity contribution in [1.82, 2.24) is 20.2 Å². The molecular formula is C33H41N5O10. The van der Waals surface area contributed by atoms with E-state index in [1.54, 1.807) is 45.9 Å². The Bertz CT molecular complexity index is 1570. The molecule has 0 spiro atoms. The van der Waals surface area contributed by atoms with Gasteiger partial charge in [0.05, 0.1) is 19.1 Å². The lowest BCUT2D eigenvalue weighted by atomic mass is 9.93. The van der Waals surface area contributed by atoms with Crippen LogP contribution in [0.5, 0.6) is 0 Å². The smallest absolute Gasteiger partial charge is 0.412 e. The number of hydrogen-bond donors (Lipinski definition) is 3. The Hall–Kier alpha value is -5.05. The number of ketones is 1. The number of fused-ring (bicyclic) bond motifs is 3. The van der Waals surface area contributed by atoms with Gasteiger partial charge < -0.3 is 33.6 Å². The topological polar surface area (TPSA) is 203 Å². The number of carbonyl (C=O) groups is 5. The number of anilines is 1. The number of aromatic nitrogens is 2. The van der Waals surface area contributed by atoms with Crippen LogP contribution in [0, 0.1) is 18.8 Å². The molecule has 0 unspecified atom stereocenters. The van der Waals surface area contributed by atoms with Gasteiger partial charge in [0, 0.05) is 38.3 Å². The predicted octanol–water partition coefficient (Wildman–Crippen LogP) is 3.06. The van der Waals surface area contributed by atoms with Gasteiger partial charge in [-0.05, 0) is 25.8 Å². The minimum absolute atomic E-state index is 0.0147. The quantitative estimate of drug-likeness (QED) is 0.403. The van der Waals surface area contributed by atoms with Gasteiger partial charge in [-0.3, -0.25) is 19.7 Å². The van der Waals surface area contributed by atoms with Gasteiger partial charge in [0.2, 0.25) is 11.8 Å². The Morgan fingerprint density at radius 1 is 1.17 bits per heavy atom. The molecule has 15 nitrogen and oxygen atoms in total. The van der Waals surface area contributed by atoms with Crippen LogP contribution in [0.1, 0.15) is 62.3 Å². The number of carbonyl (C=O) groups excluding carboxylic acids is 5. The molecule has 3 N–H and O–H groups in total. The summed E-state index contributed by atoms with van der Waals surface area (Å²) in [5.41, 5.74) is 0.619. The maximum Gasteiger partial charge on any atom is 0.412 e. The molecular weight excluding hydrogens is 626 g/mol. The summed E-state index contributed by atoms with van der Waals surface area (Å²) in [6, 6.07) is -0.924. The highest BCUT2D eigenvalue weighted by Crippen LogP contribution is 2.26. The van der Waals surface area contributed by atoms with Gasteiger partial charge in [-0.15, -0.1) is 0 Å². The van der Waals surface area contributed by atoms with Crippen LogP contribution < -0.4 is 10.6 Å². The van der Waals surface area contributed by atoms with Crippen molar-refractivity contribution in [3.8, 4) is 0 Å². The van der Waals surface area contributed by atoms with Crippen molar-refractivity contribution >= 4 is 35.5 Å². The maximum atomic E-state index is 13.6. The molecule has 2 aliphatic rings. The summed E-state index contributed by atoms with van der Waals surface area (Å²) in [5, 5.41) is 15.5. The van der Waals surface area contributed by atoms with Crippen LogP contribution in [0.2, 0.25) is 0 Å². The first-order chi connectivity index (χ1) is 22.9. The lowest BCUT2D eigenvalue weighted by Crippen LogP contribution is -2.44. The molecule has 3 amide bonds. The number of oxazole rings is 2. The molecule has 48 heavy (non-hydrogen) atoms. The Morgan fingerprint density at radius 2 is 1.96 bits per heavy atom. The Labute approximate surface area is 277 Å². The zero-order valence-electron chi connectivity index (χ0n) is 27.3. The summed E-state index contributed by atoms with van der Waals surface area (Å²) < 4.78 is 21.8. The van der Waals surface area contributed by atoms with Crippen LogP contribution in [0.3, 0.4) is 0 Å². The number of ether oxygens (including phenoxy) is 2. The third kappa shape index (κ3) is 10.2. The van der Waals surface area contributed by atoms with E-state index in [9.17, 15) is 29.1 Å². The number of hydrogen-bond acceptors (Lipinski definition) is 12. The van der Waals surface area contributed by atoms with Crippen molar-refractivity contribution in [3.63, 3.8) is 0 Å². The SMILES string of the molecule is CC1=C[C@@H](O)CC(=O)Cc2nc(co2)C(=O)N2CCC[C@@H]2C(=O)O[C@H]([C@H](C)COC(=O)Nc2coc(C)n2)[C@H](C)/C=C/C(=O)NCC=C1. The lowest BCUT2D eigenvalue weighted by molar-refractivity contribution is -0.159. The third-order valence-corrected chi connectivity index (χ3v) is 7.78. The third-order valence-electron chi connectivity index (χ3n) is 7.78. The number of cyclic esters (lactones) is 1. The van der Waals surface area contributed by atoms with Crippen molar-refractivity contribution in [2.75, 3.05) is 25.0 Å². The zero-order valence-corrected chi connectivity index (χ0v) is 27.3. The molecule has 258 valence electrons. The van der Waals surface area contributed by atoms with Crippen molar-refractivity contribution in [3.05, 3.63) is 66.0 Å². The molecule has 0 aliphatic carbocycles. The van der Waals surface area contributed by atoms with Crippen LogP contribution >= 0.6 is 0 Å². The molecule has 4 rings (SSSR count). The van der Waals surface area contributed by atoms with Gasteiger partial charge in [-0.2, -0.15) is 4.98 Å². The highest BCUT2D eigenvalue weighted by atomic mass is 16.6. The summed E-state index contributed by atoms with van der Waals surface area (Å²) in [6.07, 6.45) is 8.01. The standard InChI is InChI=1S/C33H41N5O10/c1-19-7-5-11-34-28(41)10-9-20(2)30(21(3)16-47-33(44)37-27-18-45-22(4)35-27)48-32(43)26-8-6-12-38(26)31(42)25-17-46-29(36-25)15-24(40)14-23(39)13-19/h5,7,9-10,13,17-18,20-21,23,26,30,39H,6,8,11-12,14-16H2,1-4H3,(H,34,41)(H,37,44)/b7-5?,10-9+,19-13?/t20-,21-,23-,26-,30+/m1/s1. The van der Waals surface area contributed by atoms with E-state index >= 15 is 0 Å². The van der Waals surface area contributed by atoms with Gasteiger partial charge in [0.1, 0.15) is 30.5 Å². The molecule has 2 aromatic heterocycles. The monoisotopic (exact) mass is 667 g/mol. The number of esters is 1. The second kappa shape index (κ2) is 16.7. The summed E-state index contributed by atoms with van der Waals surface area (Å²) in [7, 11) is 0. The van der Waals surface area contributed by atoms with E-state index in [1.807, 2.05) is 0 Å².